The van der Waals surface area contributed by atoms with E-state index < -0.39 is 0 Å². The molecule has 0 spiro atoms. The van der Waals surface area contributed by atoms with Crippen LogP contribution in [0.3, 0.4) is 0 Å². The lowest BCUT2D eigenvalue weighted by Crippen LogP contribution is -2.13. The first-order valence-corrected chi connectivity index (χ1v) is 9.03. The van der Waals surface area contributed by atoms with E-state index in [1.54, 1.807) is 18.7 Å². The maximum atomic E-state index is 5.48. The quantitative estimate of drug-likeness (QED) is 0.510. The lowest BCUT2D eigenvalue weighted by atomic mass is 10.2. The van der Waals surface area contributed by atoms with Gasteiger partial charge in [-0.1, -0.05) is 0 Å². The molecule has 3 aromatic heterocycles. The molecule has 0 amide bonds. The van der Waals surface area contributed by atoms with E-state index in [9.17, 15) is 0 Å². The molecule has 0 aliphatic carbocycles. The monoisotopic (exact) mass is 385 g/mol. The molecule has 0 fully saturated rings. The van der Waals surface area contributed by atoms with Crippen LogP contribution in [-0.4, -0.2) is 43.6 Å². The average Bonchev–Trinajstić information content (AvgIpc) is 3.50. The molecule has 1 N–H and O–H groups in total. The summed E-state index contributed by atoms with van der Waals surface area (Å²) in [7, 11) is 1.91. The van der Waals surface area contributed by atoms with Gasteiger partial charge in [0.15, 0.2) is 17.1 Å². The van der Waals surface area contributed by atoms with Crippen LogP contribution < -0.4 is 14.4 Å². The molecule has 1 aliphatic rings. The fourth-order valence-corrected chi connectivity index (χ4v) is 3.44. The number of fused-ring (bicyclic) bond motifs is 3. The van der Waals surface area contributed by atoms with E-state index in [1.165, 1.54) is 0 Å². The molecular weight excluding hydrogens is 370 g/mol. The van der Waals surface area contributed by atoms with Gasteiger partial charge in [0.2, 0.25) is 12.7 Å². The normalized spacial score (nSPS) is 12.7. The third kappa shape index (κ3) is 2.48. The first kappa shape index (κ1) is 15.9. The summed E-state index contributed by atoms with van der Waals surface area (Å²) in [6.07, 6.45) is 5.28. The summed E-state index contributed by atoms with van der Waals surface area (Å²) >= 11 is 0. The Labute approximate surface area is 164 Å². The molecule has 0 saturated heterocycles. The fourth-order valence-electron chi connectivity index (χ4n) is 3.44. The Balaban J connectivity index is 1.43. The molecule has 4 heterocycles. The summed E-state index contributed by atoms with van der Waals surface area (Å²) in [6.45, 7) is 0.241. The van der Waals surface area contributed by atoms with E-state index >= 15 is 0 Å². The van der Waals surface area contributed by atoms with Gasteiger partial charge in [-0.05, 0) is 30.3 Å². The number of nitrogens with zero attached hydrogens (tertiary/aromatic N) is 6. The number of H-pyrrole nitrogens is 1. The Morgan fingerprint density at radius 3 is 2.93 bits per heavy atom. The van der Waals surface area contributed by atoms with E-state index in [4.69, 9.17) is 14.5 Å². The van der Waals surface area contributed by atoms with Crippen LogP contribution in [0.15, 0.2) is 55.1 Å². The van der Waals surface area contributed by atoms with Crippen molar-refractivity contribution in [3.8, 4) is 17.2 Å². The molecule has 0 radical (unpaired) electrons. The molecule has 0 saturated carbocycles. The molecule has 0 atom stereocenters. The minimum atomic E-state index is 0.241. The van der Waals surface area contributed by atoms with Gasteiger partial charge in [0.25, 0.3) is 0 Å². The molecule has 1 aliphatic heterocycles. The van der Waals surface area contributed by atoms with Crippen molar-refractivity contribution in [2.45, 2.75) is 0 Å². The number of imidazole rings is 1. The zero-order valence-electron chi connectivity index (χ0n) is 15.4. The number of rotatable bonds is 3. The molecule has 5 aromatic rings. The second-order valence-corrected chi connectivity index (χ2v) is 6.73. The molecule has 0 bridgehead atoms. The van der Waals surface area contributed by atoms with Crippen LogP contribution in [0.1, 0.15) is 0 Å². The molecular formula is C20H15N7O2. The van der Waals surface area contributed by atoms with Crippen molar-refractivity contribution in [2.24, 2.45) is 0 Å². The number of aromatic nitrogens is 6. The number of nitrogens with one attached hydrogen (secondary N) is 1. The van der Waals surface area contributed by atoms with Crippen molar-refractivity contribution in [1.29, 1.82) is 0 Å². The predicted molar refractivity (Wildman–Crippen MR) is 107 cm³/mol. The van der Waals surface area contributed by atoms with E-state index in [0.717, 1.165) is 39.2 Å². The van der Waals surface area contributed by atoms with Crippen LogP contribution >= 0.6 is 0 Å². The van der Waals surface area contributed by atoms with Gasteiger partial charge in [0.1, 0.15) is 11.8 Å². The van der Waals surface area contributed by atoms with Crippen LogP contribution in [0.25, 0.3) is 27.8 Å². The van der Waals surface area contributed by atoms with Crippen LogP contribution in [0, 0.1) is 0 Å². The third-order valence-electron chi connectivity index (χ3n) is 5.02. The molecule has 9 heteroatoms. The summed E-state index contributed by atoms with van der Waals surface area (Å²) in [5.41, 5.74) is 4.24. The van der Waals surface area contributed by atoms with Crippen LogP contribution in [-0.2, 0) is 0 Å². The van der Waals surface area contributed by atoms with Crippen molar-refractivity contribution >= 4 is 33.7 Å². The van der Waals surface area contributed by atoms with E-state index in [0.29, 0.717) is 11.7 Å². The lowest BCUT2D eigenvalue weighted by molar-refractivity contribution is 0.174. The predicted octanol–water partition coefficient (Wildman–Crippen LogP) is 3.19. The van der Waals surface area contributed by atoms with E-state index in [2.05, 4.69) is 20.2 Å². The summed E-state index contributed by atoms with van der Waals surface area (Å²) in [4.78, 5) is 15.6. The third-order valence-corrected chi connectivity index (χ3v) is 5.02. The molecule has 2 aromatic carbocycles. The Hall–Kier alpha value is -4.14. The van der Waals surface area contributed by atoms with Crippen LogP contribution in [0.4, 0.5) is 11.6 Å². The van der Waals surface area contributed by atoms with E-state index in [-0.39, 0.29) is 6.79 Å². The Morgan fingerprint density at radius 2 is 1.97 bits per heavy atom. The number of anilines is 2. The topological polar surface area (TPSA) is 94.0 Å². The number of hydrogen-bond acceptors (Lipinski definition) is 7. The van der Waals surface area contributed by atoms with Crippen molar-refractivity contribution < 1.29 is 9.47 Å². The van der Waals surface area contributed by atoms with Crippen molar-refractivity contribution in [3.05, 3.63) is 55.1 Å². The minimum Gasteiger partial charge on any atom is -0.454 e. The van der Waals surface area contributed by atoms with Crippen molar-refractivity contribution in [3.63, 3.8) is 0 Å². The summed E-state index contributed by atoms with van der Waals surface area (Å²) in [5, 5.41) is 8.13. The van der Waals surface area contributed by atoms with Gasteiger partial charge < -0.3 is 14.4 Å². The number of benzene rings is 2. The first-order chi connectivity index (χ1) is 14.3. The number of hydrogen-bond donors (Lipinski definition) is 1. The standard InChI is InChI=1S/C20H15N7O2/c1-26(13-4-5-17-18(7-13)29-11-28-17)20-21-9-16-19(24-20)27(10-22-16)14-3-2-12-8-23-25-15(12)6-14/h2-10H,11H2,1H3,(H,23,25). The minimum absolute atomic E-state index is 0.241. The van der Waals surface area contributed by atoms with E-state index in [1.807, 2.05) is 52.9 Å². The smallest absolute Gasteiger partial charge is 0.231 e. The van der Waals surface area contributed by atoms with Gasteiger partial charge in [-0.3, -0.25) is 9.67 Å². The zero-order valence-corrected chi connectivity index (χ0v) is 15.4. The molecule has 6 rings (SSSR count). The first-order valence-electron chi connectivity index (χ1n) is 9.03. The summed E-state index contributed by atoms with van der Waals surface area (Å²) < 4.78 is 12.8. The highest BCUT2D eigenvalue weighted by Crippen LogP contribution is 2.36. The van der Waals surface area contributed by atoms with Gasteiger partial charge in [-0.25, -0.2) is 9.97 Å². The summed E-state index contributed by atoms with van der Waals surface area (Å²) in [5.74, 6) is 2.01. The number of ether oxygens (including phenoxy) is 2. The van der Waals surface area contributed by atoms with Gasteiger partial charge in [-0.2, -0.15) is 10.1 Å². The molecule has 9 nitrogen and oxygen atoms in total. The zero-order chi connectivity index (χ0) is 19.4. The fraction of sp³-hybridized carbons (Fsp3) is 0.100. The van der Waals surface area contributed by atoms with Crippen molar-refractivity contribution in [2.75, 3.05) is 18.7 Å². The summed E-state index contributed by atoms with van der Waals surface area (Å²) in [6, 6.07) is 11.8. The highest BCUT2D eigenvalue weighted by molar-refractivity contribution is 5.81. The van der Waals surface area contributed by atoms with Gasteiger partial charge in [0.05, 0.1) is 23.6 Å². The van der Waals surface area contributed by atoms with Gasteiger partial charge in [0, 0.05) is 24.2 Å². The second kappa shape index (κ2) is 5.93. The Kier molecular flexibility index (Phi) is 3.25. The largest absolute Gasteiger partial charge is 0.454 e. The van der Waals surface area contributed by atoms with Crippen LogP contribution in [0.5, 0.6) is 11.5 Å². The SMILES string of the molecule is CN(c1ccc2c(c1)OCO2)c1ncc2ncn(-c3ccc4cn[nH]c4c3)c2n1. The lowest BCUT2D eigenvalue weighted by Gasteiger charge is -2.17. The Morgan fingerprint density at radius 1 is 1.03 bits per heavy atom. The van der Waals surface area contributed by atoms with Gasteiger partial charge in [-0.15, -0.1) is 0 Å². The van der Waals surface area contributed by atoms with Gasteiger partial charge >= 0.3 is 0 Å². The van der Waals surface area contributed by atoms with Crippen LogP contribution in [0.2, 0.25) is 0 Å². The second-order valence-electron chi connectivity index (χ2n) is 6.73. The molecule has 142 valence electrons. The van der Waals surface area contributed by atoms with Crippen molar-refractivity contribution in [1.82, 2.24) is 29.7 Å². The maximum Gasteiger partial charge on any atom is 0.231 e. The maximum absolute atomic E-state index is 5.48. The Bertz CT molecular complexity index is 1370. The average molecular weight is 385 g/mol. The molecule has 29 heavy (non-hydrogen) atoms. The number of aromatic amines is 1. The highest BCUT2D eigenvalue weighted by Gasteiger charge is 2.17. The highest BCUT2D eigenvalue weighted by atomic mass is 16.7. The molecule has 0 unspecified atom stereocenters.